The zero-order valence-corrected chi connectivity index (χ0v) is 17.7. The molecular weight excluding hydrogens is 376 g/mol. The molecule has 0 amide bonds. The number of para-hydroxylation sites is 1. The monoisotopic (exact) mass is 408 g/mol. The van der Waals surface area contributed by atoms with Crippen LogP contribution in [0.3, 0.4) is 0 Å². The van der Waals surface area contributed by atoms with Gasteiger partial charge in [0.1, 0.15) is 0 Å². The topological polar surface area (TPSA) is 83.0 Å². The number of piperidine rings is 1. The number of nitrogens with one attached hydrogen (secondary N) is 2. The molecule has 0 atom stereocenters. The Hall–Kier alpha value is -1.80. The van der Waals surface area contributed by atoms with Crippen LogP contribution in [0.2, 0.25) is 0 Å². The van der Waals surface area contributed by atoms with Crippen molar-refractivity contribution in [3.63, 3.8) is 0 Å². The minimum Gasteiger partial charge on any atom is -0.381 e. The lowest BCUT2D eigenvalue weighted by Crippen LogP contribution is -2.55. The molecule has 8 heteroatoms. The summed E-state index contributed by atoms with van der Waals surface area (Å²) in [5, 5.41) is 6.74. The van der Waals surface area contributed by atoms with E-state index in [0.29, 0.717) is 44.6 Å². The van der Waals surface area contributed by atoms with Crippen LogP contribution in [0.1, 0.15) is 25.7 Å². The highest BCUT2D eigenvalue weighted by Gasteiger charge is 2.42. The minimum atomic E-state index is -3.19. The molecule has 28 heavy (non-hydrogen) atoms. The Morgan fingerprint density at radius 3 is 2.43 bits per heavy atom. The second-order valence-electron chi connectivity index (χ2n) is 7.73. The summed E-state index contributed by atoms with van der Waals surface area (Å²) in [6.45, 7) is 3.31. The Morgan fingerprint density at radius 2 is 1.86 bits per heavy atom. The van der Waals surface area contributed by atoms with Gasteiger partial charge in [-0.2, -0.15) is 0 Å². The Morgan fingerprint density at radius 1 is 1.21 bits per heavy atom. The molecule has 2 N–H and O–H groups in total. The SMILES string of the molecule is CN=C(NCC1(S(C)(=O)=O)CCOCC1)NC1CCN(c2ccccc2)CC1. The summed E-state index contributed by atoms with van der Waals surface area (Å²) >= 11 is 0. The second-order valence-corrected chi connectivity index (χ2v) is 10.1. The van der Waals surface area contributed by atoms with Gasteiger partial charge in [-0.05, 0) is 37.8 Å². The third-order valence-electron chi connectivity index (χ3n) is 5.95. The van der Waals surface area contributed by atoms with Crippen molar-refractivity contribution in [2.75, 3.05) is 51.1 Å². The molecule has 2 saturated heterocycles. The van der Waals surface area contributed by atoms with Crippen LogP contribution in [0, 0.1) is 0 Å². The van der Waals surface area contributed by atoms with Gasteiger partial charge in [-0.1, -0.05) is 18.2 Å². The summed E-state index contributed by atoms with van der Waals surface area (Å²) in [5.74, 6) is 0.674. The molecule has 2 fully saturated rings. The van der Waals surface area contributed by atoms with E-state index in [1.165, 1.54) is 11.9 Å². The van der Waals surface area contributed by atoms with E-state index in [9.17, 15) is 8.42 Å². The van der Waals surface area contributed by atoms with E-state index in [0.717, 1.165) is 25.9 Å². The largest absolute Gasteiger partial charge is 0.381 e. The molecule has 156 valence electrons. The fourth-order valence-corrected chi connectivity index (χ4v) is 5.22. The lowest BCUT2D eigenvalue weighted by atomic mass is 9.99. The highest BCUT2D eigenvalue weighted by atomic mass is 32.2. The van der Waals surface area contributed by atoms with Crippen LogP contribution >= 0.6 is 0 Å². The Bertz CT molecular complexity index is 753. The fourth-order valence-electron chi connectivity index (χ4n) is 3.98. The van der Waals surface area contributed by atoms with Gasteiger partial charge < -0.3 is 20.3 Å². The van der Waals surface area contributed by atoms with E-state index >= 15 is 0 Å². The van der Waals surface area contributed by atoms with E-state index in [1.807, 2.05) is 6.07 Å². The molecule has 0 saturated carbocycles. The number of anilines is 1. The van der Waals surface area contributed by atoms with Gasteiger partial charge in [-0.15, -0.1) is 0 Å². The molecule has 3 rings (SSSR count). The number of hydrogen-bond acceptors (Lipinski definition) is 5. The number of aliphatic imine (C=N–C) groups is 1. The van der Waals surface area contributed by atoms with Crippen LogP contribution in [-0.4, -0.2) is 71.3 Å². The van der Waals surface area contributed by atoms with Gasteiger partial charge >= 0.3 is 0 Å². The summed E-state index contributed by atoms with van der Waals surface area (Å²) in [6, 6.07) is 10.8. The lowest BCUT2D eigenvalue weighted by Gasteiger charge is -2.37. The Labute approximate surface area is 168 Å². The quantitative estimate of drug-likeness (QED) is 0.566. The number of sulfone groups is 1. The van der Waals surface area contributed by atoms with Crippen molar-refractivity contribution in [2.24, 2.45) is 4.99 Å². The highest BCUT2D eigenvalue weighted by Crippen LogP contribution is 2.28. The highest BCUT2D eigenvalue weighted by molar-refractivity contribution is 7.92. The van der Waals surface area contributed by atoms with Gasteiger partial charge in [0, 0.05) is 57.9 Å². The average molecular weight is 409 g/mol. The third kappa shape index (κ3) is 4.97. The number of guanidine groups is 1. The molecule has 0 aliphatic carbocycles. The maximum atomic E-state index is 12.4. The van der Waals surface area contributed by atoms with Gasteiger partial charge in [0.2, 0.25) is 0 Å². The van der Waals surface area contributed by atoms with Gasteiger partial charge in [0.15, 0.2) is 15.8 Å². The maximum absolute atomic E-state index is 12.4. The molecule has 2 aliphatic rings. The van der Waals surface area contributed by atoms with Crippen LogP contribution < -0.4 is 15.5 Å². The summed E-state index contributed by atoms with van der Waals surface area (Å²) in [5.41, 5.74) is 1.26. The second kappa shape index (κ2) is 9.13. The molecular formula is C20H32N4O3S. The molecule has 1 aromatic carbocycles. The van der Waals surface area contributed by atoms with Crippen molar-refractivity contribution in [3.05, 3.63) is 30.3 Å². The standard InChI is InChI=1S/C20H32N4O3S/c1-21-19(22-16-20(28(2,25)26)10-14-27-15-11-20)23-17-8-12-24(13-9-17)18-6-4-3-5-7-18/h3-7,17H,8-16H2,1-2H3,(H2,21,22,23). The summed E-state index contributed by atoms with van der Waals surface area (Å²) in [4.78, 5) is 6.71. The van der Waals surface area contributed by atoms with Gasteiger partial charge in [0.05, 0.1) is 4.75 Å². The van der Waals surface area contributed by atoms with Crippen LogP contribution in [0.25, 0.3) is 0 Å². The first-order valence-corrected chi connectivity index (χ1v) is 11.9. The van der Waals surface area contributed by atoms with E-state index < -0.39 is 14.6 Å². The Balaban J connectivity index is 1.52. The summed E-state index contributed by atoms with van der Waals surface area (Å²) < 4.78 is 29.4. The molecule has 7 nitrogen and oxygen atoms in total. The number of benzene rings is 1. The molecule has 1 aromatic rings. The van der Waals surface area contributed by atoms with Crippen LogP contribution in [-0.2, 0) is 14.6 Å². The van der Waals surface area contributed by atoms with Crippen molar-refractivity contribution >= 4 is 21.5 Å². The first kappa shape index (κ1) is 20.9. The van der Waals surface area contributed by atoms with Crippen molar-refractivity contribution < 1.29 is 13.2 Å². The van der Waals surface area contributed by atoms with Gasteiger partial charge in [0.25, 0.3) is 0 Å². The van der Waals surface area contributed by atoms with Gasteiger partial charge in [-0.3, -0.25) is 4.99 Å². The first-order valence-electron chi connectivity index (χ1n) is 9.98. The molecule has 0 unspecified atom stereocenters. The third-order valence-corrected chi connectivity index (χ3v) is 8.08. The fraction of sp³-hybridized carbons (Fsp3) is 0.650. The number of ether oxygens (including phenoxy) is 1. The van der Waals surface area contributed by atoms with Crippen molar-refractivity contribution in [1.29, 1.82) is 0 Å². The molecule has 0 radical (unpaired) electrons. The normalized spacial score (nSPS) is 21.4. The Kier molecular flexibility index (Phi) is 6.82. The number of hydrogen-bond donors (Lipinski definition) is 2. The van der Waals surface area contributed by atoms with Crippen molar-refractivity contribution in [3.8, 4) is 0 Å². The molecule has 0 bridgehead atoms. The van der Waals surface area contributed by atoms with E-state index in [4.69, 9.17) is 4.74 Å². The average Bonchev–Trinajstić information content (AvgIpc) is 2.72. The van der Waals surface area contributed by atoms with Crippen molar-refractivity contribution in [1.82, 2.24) is 10.6 Å². The first-order chi connectivity index (χ1) is 13.4. The van der Waals surface area contributed by atoms with Crippen LogP contribution in [0.15, 0.2) is 35.3 Å². The van der Waals surface area contributed by atoms with E-state index in [1.54, 1.807) is 7.05 Å². The van der Waals surface area contributed by atoms with E-state index in [-0.39, 0.29) is 0 Å². The zero-order valence-electron chi connectivity index (χ0n) is 16.9. The molecule has 0 aromatic heterocycles. The maximum Gasteiger partial charge on any atom is 0.191 e. The molecule has 2 heterocycles. The predicted octanol–water partition coefficient (Wildman–Crippen LogP) is 1.41. The zero-order chi connectivity index (χ0) is 20.0. The van der Waals surface area contributed by atoms with Crippen LogP contribution in [0.5, 0.6) is 0 Å². The van der Waals surface area contributed by atoms with Crippen LogP contribution in [0.4, 0.5) is 5.69 Å². The predicted molar refractivity (Wildman–Crippen MR) is 114 cm³/mol. The lowest BCUT2D eigenvalue weighted by molar-refractivity contribution is 0.0756. The number of nitrogens with zero attached hydrogens (tertiary/aromatic N) is 2. The minimum absolute atomic E-state index is 0.329. The number of rotatable bonds is 5. The summed E-state index contributed by atoms with van der Waals surface area (Å²) in [6.07, 6.45) is 4.40. The van der Waals surface area contributed by atoms with Gasteiger partial charge in [-0.25, -0.2) is 8.42 Å². The molecule has 0 spiro atoms. The van der Waals surface area contributed by atoms with Crippen molar-refractivity contribution in [2.45, 2.75) is 36.5 Å². The van der Waals surface area contributed by atoms with E-state index in [2.05, 4.69) is 44.8 Å². The smallest absolute Gasteiger partial charge is 0.191 e. The summed E-state index contributed by atoms with van der Waals surface area (Å²) in [7, 11) is -1.47. The molecule has 2 aliphatic heterocycles.